The van der Waals surface area contributed by atoms with Crippen molar-refractivity contribution in [3.05, 3.63) is 109 Å². The van der Waals surface area contributed by atoms with E-state index in [9.17, 15) is 35.1 Å². The number of carbonyl (C=O) groups is 2. The molecule has 86 heavy (non-hydrogen) atoms. The fourth-order valence-electron chi connectivity index (χ4n) is 10.4. The monoisotopic (exact) mass is 1200 g/mol. The molecule has 1 heterocycles. The number of unbranched alkanes of at least 4 members (excludes halogenated alkanes) is 29. The highest BCUT2D eigenvalue weighted by Crippen LogP contribution is 2.26. The molecule has 0 spiro atoms. The van der Waals surface area contributed by atoms with E-state index in [-0.39, 0.29) is 19.4 Å². The molecular formula is C75H129NO10. The molecule has 0 aromatic heterocycles. The van der Waals surface area contributed by atoms with Gasteiger partial charge in [0.05, 0.1) is 25.4 Å². The Morgan fingerprint density at radius 1 is 0.465 bits per heavy atom. The predicted molar refractivity (Wildman–Crippen MR) is 361 cm³/mol. The summed E-state index contributed by atoms with van der Waals surface area (Å²) in [6.07, 6.45) is 74.0. The van der Waals surface area contributed by atoms with Crippen LogP contribution in [0, 0.1) is 0 Å². The van der Waals surface area contributed by atoms with Crippen LogP contribution in [0.1, 0.15) is 290 Å². The van der Waals surface area contributed by atoms with Gasteiger partial charge in [-0.25, -0.2) is 0 Å². The lowest BCUT2D eigenvalue weighted by molar-refractivity contribution is -0.305. The van der Waals surface area contributed by atoms with Gasteiger partial charge in [-0.2, -0.15) is 0 Å². The Morgan fingerprint density at radius 3 is 1.28 bits per heavy atom. The number of aliphatic hydroxyl groups excluding tert-OH is 5. The maximum atomic E-state index is 13.5. The molecule has 0 radical (unpaired) electrons. The van der Waals surface area contributed by atoms with Gasteiger partial charge in [-0.15, -0.1) is 0 Å². The number of carbonyl (C=O) groups excluding carboxylic acids is 2. The lowest BCUT2D eigenvalue weighted by Crippen LogP contribution is -2.61. The van der Waals surface area contributed by atoms with Crippen LogP contribution < -0.4 is 5.32 Å². The van der Waals surface area contributed by atoms with Crippen LogP contribution in [0.25, 0.3) is 0 Å². The molecule has 6 N–H and O–H groups in total. The zero-order valence-electron chi connectivity index (χ0n) is 54.9. The highest BCUT2D eigenvalue weighted by Gasteiger charge is 2.47. The largest absolute Gasteiger partial charge is 0.454 e. The van der Waals surface area contributed by atoms with Crippen molar-refractivity contribution in [3.63, 3.8) is 0 Å². The van der Waals surface area contributed by atoms with Crippen molar-refractivity contribution in [2.45, 2.75) is 339 Å². The summed E-state index contributed by atoms with van der Waals surface area (Å²) in [4.78, 5) is 26.7. The molecule has 1 saturated heterocycles. The molecule has 1 rings (SSSR count). The van der Waals surface area contributed by atoms with Crippen molar-refractivity contribution < 1.29 is 49.3 Å². The summed E-state index contributed by atoms with van der Waals surface area (Å²) in [5, 5.41) is 57.2. The number of ether oxygens (including phenoxy) is 3. The molecule has 8 unspecified atom stereocenters. The Kier molecular flexibility index (Phi) is 57.5. The first kappa shape index (κ1) is 80.3. The molecule has 11 nitrogen and oxygen atoms in total. The number of aliphatic hydroxyl groups is 5. The van der Waals surface area contributed by atoms with E-state index in [2.05, 4.69) is 123 Å². The first-order chi connectivity index (χ1) is 42.2. The molecule has 11 heteroatoms. The van der Waals surface area contributed by atoms with Gasteiger partial charge < -0.3 is 45.1 Å². The molecule has 1 amide bonds. The van der Waals surface area contributed by atoms with E-state index in [1.807, 2.05) is 6.08 Å². The van der Waals surface area contributed by atoms with E-state index in [0.29, 0.717) is 12.8 Å². The number of allylic oxidation sites excluding steroid dienone is 17. The molecule has 0 aromatic carbocycles. The maximum absolute atomic E-state index is 13.5. The SMILES string of the molecule is CC/C=C\C/C=C\C/C=C\C/C=C\C/C=C\CCCCCCCCC(O)C(=O)NC(COC1OC(CO)C(O)C(O)C1OC(=O)CCCCCCCCCCCC/C=C\C/C=C\C/C=C\CCCCC)C(O)/C=C/CCCCCCCCCCCC. The summed E-state index contributed by atoms with van der Waals surface area (Å²) < 4.78 is 17.7. The molecule has 0 bridgehead atoms. The Morgan fingerprint density at radius 2 is 0.837 bits per heavy atom. The number of nitrogens with one attached hydrogen (secondary N) is 1. The van der Waals surface area contributed by atoms with Gasteiger partial charge >= 0.3 is 5.97 Å². The summed E-state index contributed by atoms with van der Waals surface area (Å²) in [7, 11) is 0. The number of esters is 1. The van der Waals surface area contributed by atoms with Crippen LogP contribution in [0.2, 0.25) is 0 Å². The van der Waals surface area contributed by atoms with Gasteiger partial charge in [0.2, 0.25) is 5.91 Å². The summed E-state index contributed by atoms with van der Waals surface area (Å²) in [5.41, 5.74) is 0. The van der Waals surface area contributed by atoms with Crippen molar-refractivity contribution in [2.75, 3.05) is 13.2 Å². The first-order valence-electron chi connectivity index (χ1n) is 35.2. The average Bonchev–Trinajstić information content (AvgIpc) is 3.59. The smallest absolute Gasteiger partial charge is 0.306 e. The molecule has 494 valence electrons. The molecule has 0 aromatic rings. The molecular weight excluding hydrogens is 1070 g/mol. The summed E-state index contributed by atoms with van der Waals surface area (Å²) in [6, 6.07) is -1.04. The second-order valence-corrected chi connectivity index (χ2v) is 23.9. The number of amides is 1. The molecule has 1 aliphatic rings. The molecule has 1 fully saturated rings. The minimum absolute atomic E-state index is 0.113. The zero-order valence-corrected chi connectivity index (χ0v) is 54.9. The van der Waals surface area contributed by atoms with Gasteiger partial charge in [0.1, 0.15) is 24.4 Å². The van der Waals surface area contributed by atoms with Crippen LogP contribution in [0.5, 0.6) is 0 Å². The van der Waals surface area contributed by atoms with E-state index in [0.717, 1.165) is 135 Å². The topological polar surface area (TPSA) is 175 Å². The summed E-state index contributed by atoms with van der Waals surface area (Å²) in [5.74, 6) is -1.21. The minimum atomic E-state index is -1.62. The van der Waals surface area contributed by atoms with Gasteiger partial charge in [0.25, 0.3) is 0 Å². The summed E-state index contributed by atoms with van der Waals surface area (Å²) in [6.45, 7) is 5.66. The van der Waals surface area contributed by atoms with Crippen LogP contribution in [-0.4, -0.2) is 99.6 Å². The molecule has 1 aliphatic heterocycles. The van der Waals surface area contributed by atoms with Gasteiger partial charge in [0.15, 0.2) is 12.4 Å². The normalized spacial score (nSPS) is 19.0. The fourth-order valence-corrected chi connectivity index (χ4v) is 10.4. The van der Waals surface area contributed by atoms with Crippen molar-refractivity contribution in [2.24, 2.45) is 0 Å². The highest BCUT2D eigenvalue weighted by atomic mass is 16.7. The predicted octanol–water partition coefficient (Wildman–Crippen LogP) is 18.0. The van der Waals surface area contributed by atoms with E-state index in [1.165, 1.54) is 109 Å². The first-order valence-corrected chi connectivity index (χ1v) is 35.2. The quantitative estimate of drug-likeness (QED) is 0.0195. The van der Waals surface area contributed by atoms with E-state index >= 15 is 0 Å². The van der Waals surface area contributed by atoms with Gasteiger partial charge in [-0.05, 0) is 109 Å². The lowest BCUT2D eigenvalue weighted by Gasteiger charge is -2.41. The minimum Gasteiger partial charge on any atom is -0.454 e. The van der Waals surface area contributed by atoms with E-state index in [4.69, 9.17) is 14.2 Å². The fraction of sp³-hybridized carbons (Fsp3) is 0.733. The highest BCUT2D eigenvalue weighted by molar-refractivity contribution is 5.80. The molecule has 8 atom stereocenters. The lowest BCUT2D eigenvalue weighted by atomic mass is 9.99. The number of hydrogen-bond acceptors (Lipinski definition) is 10. The Hall–Kier alpha value is -3.68. The van der Waals surface area contributed by atoms with Crippen molar-refractivity contribution in [1.29, 1.82) is 0 Å². The Balaban J connectivity index is 2.61. The van der Waals surface area contributed by atoms with Crippen molar-refractivity contribution in [3.8, 4) is 0 Å². The van der Waals surface area contributed by atoms with Gasteiger partial charge in [0, 0.05) is 6.42 Å². The third kappa shape index (κ3) is 48.3. The number of hydrogen-bond donors (Lipinski definition) is 6. The van der Waals surface area contributed by atoms with Crippen LogP contribution in [0.3, 0.4) is 0 Å². The Labute approximate surface area is 526 Å². The van der Waals surface area contributed by atoms with Gasteiger partial charge in [-0.3, -0.25) is 9.59 Å². The average molecular weight is 1200 g/mol. The Bertz CT molecular complexity index is 1820. The van der Waals surface area contributed by atoms with Crippen LogP contribution >= 0.6 is 0 Å². The zero-order chi connectivity index (χ0) is 62.4. The second kappa shape index (κ2) is 61.6. The third-order valence-electron chi connectivity index (χ3n) is 15.9. The standard InChI is InChI=1S/C75H129NO10/c1-4-7-10-13-16-19-22-25-27-29-31-33-35-37-39-41-43-45-48-51-54-57-60-63-70(80)86-73-72(82)71(81)69(64-77)85-75(73)84-65-66(67(78)61-58-55-52-49-46-24-21-18-15-12-9-6-3)76-74(83)68(79)62-59-56-53-50-47-44-42-40-38-36-34-32-30-28-26-23-20-17-14-11-8-5-2/h8,11,16-17,19-20,25-28,31-34,38,40,58,61,66-69,71-73,75,77-79,81-82H,4-7,9-10,12-15,18,21-24,29-30,35-37,39,41-57,59-60,62-65H2,1-3H3,(H,76,83)/b11-8-,19-16-,20-17-,27-25-,28-26-,33-31-,34-32-,40-38-,61-58+. The van der Waals surface area contributed by atoms with E-state index < -0.39 is 67.4 Å². The molecule has 0 saturated carbocycles. The van der Waals surface area contributed by atoms with Crippen molar-refractivity contribution in [1.82, 2.24) is 5.32 Å². The van der Waals surface area contributed by atoms with Gasteiger partial charge in [-0.1, -0.05) is 284 Å². The third-order valence-corrected chi connectivity index (χ3v) is 15.9. The van der Waals surface area contributed by atoms with Crippen molar-refractivity contribution >= 4 is 11.9 Å². The van der Waals surface area contributed by atoms with Crippen LogP contribution in [0.4, 0.5) is 0 Å². The summed E-state index contributed by atoms with van der Waals surface area (Å²) >= 11 is 0. The van der Waals surface area contributed by atoms with E-state index in [1.54, 1.807) is 6.08 Å². The molecule has 0 aliphatic carbocycles. The maximum Gasteiger partial charge on any atom is 0.306 e. The van der Waals surface area contributed by atoms with Crippen LogP contribution in [0.15, 0.2) is 109 Å². The van der Waals surface area contributed by atoms with Crippen LogP contribution in [-0.2, 0) is 23.8 Å². The second-order valence-electron chi connectivity index (χ2n) is 23.9. The number of rotatable bonds is 59.